The molecule has 5 nitrogen and oxygen atoms in total. The van der Waals surface area contributed by atoms with Crippen LogP contribution in [-0.2, 0) is 16.8 Å². The van der Waals surface area contributed by atoms with E-state index in [1.54, 1.807) is 16.0 Å². The maximum atomic E-state index is 12.6. The van der Waals surface area contributed by atoms with Crippen LogP contribution in [0.2, 0.25) is 0 Å². The van der Waals surface area contributed by atoms with E-state index in [0.29, 0.717) is 5.95 Å². The molecular formula is C15H20N4OS. The summed E-state index contributed by atoms with van der Waals surface area (Å²) in [6, 6.07) is 2.08. The molecule has 0 fully saturated rings. The van der Waals surface area contributed by atoms with Crippen molar-refractivity contribution in [2.75, 3.05) is 5.32 Å². The van der Waals surface area contributed by atoms with Crippen molar-refractivity contribution >= 4 is 23.2 Å². The first-order valence-corrected chi connectivity index (χ1v) is 8.12. The number of amides is 1. The number of carbonyl (C=O) groups excluding carboxylic acids is 1. The highest BCUT2D eigenvalue weighted by Crippen LogP contribution is 2.35. The minimum Gasteiger partial charge on any atom is -0.294 e. The lowest BCUT2D eigenvalue weighted by molar-refractivity contribution is -0.117. The molecule has 21 heavy (non-hydrogen) atoms. The fourth-order valence-electron chi connectivity index (χ4n) is 2.77. The molecule has 2 aromatic rings. The molecule has 6 heteroatoms. The fourth-order valence-corrected chi connectivity index (χ4v) is 3.76. The van der Waals surface area contributed by atoms with Gasteiger partial charge >= 0.3 is 0 Å². The summed E-state index contributed by atoms with van der Waals surface area (Å²) in [6.07, 6.45) is 4.55. The third kappa shape index (κ3) is 2.72. The fraction of sp³-hybridized carbons (Fsp3) is 0.533. The highest BCUT2D eigenvalue weighted by molar-refractivity contribution is 7.10. The first-order chi connectivity index (χ1) is 9.97. The van der Waals surface area contributed by atoms with Crippen molar-refractivity contribution in [3.05, 3.63) is 28.2 Å². The first kappa shape index (κ1) is 14.3. The summed E-state index contributed by atoms with van der Waals surface area (Å²) in [5.41, 5.74) is 0.977. The average molecular weight is 304 g/mol. The Balaban J connectivity index is 1.81. The molecule has 1 aliphatic rings. The number of fused-ring (bicyclic) bond motifs is 1. The van der Waals surface area contributed by atoms with Gasteiger partial charge in [-0.25, -0.2) is 4.68 Å². The largest absolute Gasteiger partial charge is 0.294 e. The van der Waals surface area contributed by atoms with Gasteiger partial charge in [-0.05, 0) is 57.0 Å². The predicted octanol–water partition coefficient (Wildman–Crippen LogP) is 3.15. The minimum absolute atomic E-state index is 0.0212. The van der Waals surface area contributed by atoms with Crippen molar-refractivity contribution in [1.29, 1.82) is 0 Å². The second-order valence-electron chi connectivity index (χ2n) is 6.40. The van der Waals surface area contributed by atoms with Crippen LogP contribution in [0.1, 0.15) is 50.0 Å². The summed E-state index contributed by atoms with van der Waals surface area (Å²) in [5, 5.41) is 9.24. The monoisotopic (exact) mass is 304 g/mol. The molecular weight excluding hydrogens is 284 g/mol. The molecule has 3 rings (SSSR count). The number of thiophene rings is 1. The van der Waals surface area contributed by atoms with Gasteiger partial charge in [-0.15, -0.1) is 11.3 Å². The van der Waals surface area contributed by atoms with Gasteiger partial charge < -0.3 is 0 Å². The molecule has 0 bridgehead atoms. The zero-order chi connectivity index (χ0) is 15.0. The molecule has 1 aliphatic carbocycles. The summed E-state index contributed by atoms with van der Waals surface area (Å²) in [7, 11) is 0. The quantitative estimate of drug-likeness (QED) is 0.927. The van der Waals surface area contributed by atoms with Gasteiger partial charge in [0.25, 0.3) is 0 Å². The molecule has 0 spiro atoms. The second kappa shape index (κ2) is 5.26. The van der Waals surface area contributed by atoms with Crippen molar-refractivity contribution in [3.63, 3.8) is 0 Å². The third-order valence-electron chi connectivity index (χ3n) is 3.79. The number of nitrogens with one attached hydrogen (secondary N) is 1. The number of anilines is 1. The third-order valence-corrected chi connectivity index (χ3v) is 4.78. The second-order valence-corrected chi connectivity index (χ2v) is 7.40. The summed E-state index contributed by atoms with van der Waals surface area (Å²) < 4.78 is 1.75. The number of hydrogen-bond donors (Lipinski definition) is 1. The van der Waals surface area contributed by atoms with Crippen molar-refractivity contribution in [3.8, 4) is 0 Å². The molecule has 0 aromatic carbocycles. The lowest BCUT2D eigenvalue weighted by Gasteiger charge is -2.24. The number of rotatable bonds is 2. The van der Waals surface area contributed by atoms with Crippen molar-refractivity contribution in [2.24, 2.45) is 0 Å². The van der Waals surface area contributed by atoms with E-state index >= 15 is 0 Å². The molecule has 0 aliphatic heterocycles. The van der Waals surface area contributed by atoms with E-state index in [9.17, 15) is 4.79 Å². The Bertz CT molecular complexity index is 653. The van der Waals surface area contributed by atoms with Crippen LogP contribution < -0.4 is 5.32 Å². The number of carbonyl (C=O) groups is 1. The zero-order valence-corrected chi connectivity index (χ0v) is 13.4. The van der Waals surface area contributed by atoms with Crippen LogP contribution in [0.25, 0.3) is 0 Å². The SMILES string of the molecule is CC(C)(C)n1ncnc1NC(=O)C1CCCc2sccc21. The average Bonchev–Trinajstić information content (AvgIpc) is 3.04. The highest BCUT2D eigenvalue weighted by Gasteiger charge is 2.29. The molecule has 112 valence electrons. The molecule has 0 saturated heterocycles. The van der Waals surface area contributed by atoms with Gasteiger partial charge in [-0.2, -0.15) is 10.1 Å². The van der Waals surface area contributed by atoms with Gasteiger partial charge in [0.2, 0.25) is 11.9 Å². The van der Waals surface area contributed by atoms with Crippen LogP contribution in [0.5, 0.6) is 0 Å². The van der Waals surface area contributed by atoms with Gasteiger partial charge in [-0.1, -0.05) is 0 Å². The molecule has 1 amide bonds. The minimum atomic E-state index is -0.209. The van der Waals surface area contributed by atoms with Crippen LogP contribution in [0.4, 0.5) is 5.95 Å². The Morgan fingerprint density at radius 3 is 3.05 bits per heavy atom. The molecule has 2 heterocycles. The van der Waals surface area contributed by atoms with Gasteiger partial charge in [0, 0.05) is 4.88 Å². The van der Waals surface area contributed by atoms with Crippen LogP contribution >= 0.6 is 11.3 Å². The van der Waals surface area contributed by atoms with Gasteiger partial charge in [-0.3, -0.25) is 10.1 Å². The maximum Gasteiger partial charge on any atom is 0.234 e. The van der Waals surface area contributed by atoms with Crippen molar-refractivity contribution in [2.45, 2.75) is 51.5 Å². The standard InChI is InChI=1S/C15H20N4OS/c1-15(2,3)19-14(16-9-17-19)18-13(20)11-5-4-6-12-10(11)7-8-21-12/h7-9,11H,4-6H2,1-3H3,(H,16,17,18,20). The van der Waals surface area contributed by atoms with Gasteiger partial charge in [0.05, 0.1) is 11.5 Å². The number of aromatic nitrogens is 3. The summed E-state index contributed by atoms with van der Waals surface area (Å²) >= 11 is 1.75. The van der Waals surface area contributed by atoms with E-state index in [0.717, 1.165) is 19.3 Å². The van der Waals surface area contributed by atoms with Gasteiger partial charge in [0.15, 0.2) is 0 Å². The van der Waals surface area contributed by atoms with E-state index in [-0.39, 0.29) is 17.4 Å². The predicted molar refractivity (Wildman–Crippen MR) is 83.6 cm³/mol. The highest BCUT2D eigenvalue weighted by atomic mass is 32.1. The first-order valence-electron chi connectivity index (χ1n) is 7.24. The Kier molecular flexibility index (Phi) is 3.57. The lowest BCUT2D eigenvalue weighted by atomic mass is 9.87. The van der Waals surface area contributed by atoms with Crippen LogP contribution in [0.15, 0.2) is 17.8 Å². The van der Waals surface area contributed by atoms with E-state index in [1.165, 1.54) is 16.8 Å². The molecule has 1 N–H and O–H groups in total. The van der Waals surface area contributed by atoms with Crippen LogP contribution in [-0.4, -0.2) is 20.7 Å². The number of hydrogen-bond acceptors (Lipinski definition) is 4. The summed E-state index contributed by atoms with van der Waals surface area (Å²) in [5.74, 6) is 0.479. The van der Waals surface area contributed by atoms with Gasteiger partial charge in [0.1, 0.15) is 6.33 Å². The smallest absolute Gasteiger partial charge is 0.234 e. The zero-order valence-electron chi connectivity index (χ0n) is 12.6. The topological polar surface area (TPSA) is 59.8 Å². The van der Waals surface area contributed by atoms with E-state index < -0.39 is 0 Å². The van der Waals surface area contributed by atoms with Crippen LogP contribution in [0, 0.1) is 0 Å². The number of nitrogens with zero attached hydrogens (tertiary/aromatic N) is 3. The Morgan fingerprint density at radius 2 is 2.29 bits per heavy atom. The molecule has 1 unspecified atom stereocenters. The van der Waals surface area contributed by atoms with Crippen LogP contribution in [0.3, 0.4) is 0 Å². The van der Waals surface area contributed by atoms with E-state index in [2.05, 4.69) is 26.8 Å². The summed E-state index contributed by atoms with van der Waals surface area (Å²) in [6.45, 7) is 6.11. The van der Waals surface area contributed by atoms with Crippen molar-refractivity contribution in [1.82, 2.24) is 14.8 Å². The van der Waals surface area contributed by atoms with Crippen molar-refractivity contribution < 1.29 is 4.79 Å². The number of aryl methyl sites for hydroxylation is 1. The lowest BCUT2D eigenvalue weighted by Crippen LogP contribution is -2.30. The molecule has 2 aromatic heterocycles. The Hall–Kier alpha value is -1.69. The van der Waals surface area contributed by atoms with E-state index in [1.807, 2.05) is 20.8 Å². The van der Waals surface area contributed by atoms with E-state index in [4.69, 9.17) is 0 Å². The molecule has 0 radical (unpaired) electrons. The molecule has 1 atom stereocenters. The Morgan fingerprint density at radius 1 is 1.48 bits per heavy atom. The molecule has 0 saturated carbocycles. The summed E-state index contributed by atoms with van der Waals surface area (Å²) in [4.78, 5) is 18.1. The normalized spacial score (nSPS) is 18.3. The Labute approximate surface area is 128 Å². The maximum absolute atomic E-state index is 12.6.